The molecule has 0 aliphatic rings. The minimum atomic E-state index is -1.57. The number of aliphatic hydroxyl groups is 1. The Morgan fingerprint density at radius 3 is 2.42 bits per heavy atom. The number of carbonyl (C=O) groups excluding carboxylic acids is 2. The van der Waals surface area contributed by atoms with Crippen molar-refractivity contribution in [3.63, 3.8) is 0 Å². The minimum absolute atomic E-state index is 0.00450. The molecule has 1 unspecified atom stereocenters. The summed E-state index contributed by atoms with van der Waals surface area (Å²) in [5, 5.41) is 14.5. The summed E-state index contributed by atoms with van der Waals surface area (Å²) in [5.74, 6) is -0.442. The molecule has 128 valence electrons. The van der Waals surface area contributed by atoms with Crippen molar-refractivity contribution in [2.75, 3.05) is 10.6 Å². The highest BCUT2D eigenvalue weighted by Crippen LogP contribution is 2.19. The molecule has 2 heterocycles. The number of anilines is 2. The van der Waals surface area contributed by atoms with E-state index in [2.05, 4.69) is 30.6 Å². The van der Waals surface area contributed by atoms with E-state index in [4.69, 9.17) is 1.37 Å². The van der Waals surface area contributed by atoms with Crippen LogP contribution in [0, 0.1) is 0 Å². The van der Waals surface area contributed by atoms with Crippen molar-refractivity contribution in [3.8, 4) is 0 Å². The van der Waals surface area contributed by atoms with Gasteiger partial charge < -0.3 is 10.4 Å². The van der Waals surface area contributed by atoms with Crippen molar-refractivity contribution in [1.82, 2.24) is 19.9 Å². The maximum Gasteiger partial charge on any atom is 0.233 e. The maximum atomic E-state index is 11.9. The second-order valence-corrected chi connectivity index (χ2v) is 5.09. The number of fused-ring (bicyclic) bond motifs is 1. The molecule has 0 saturated heterocycles. The fraction of sp³-hybridized carbons (Fsp3) is 0.467. The van der Waals surface area contributed by atoms with Gasteiger partial charge in [0.05, 0.1) is 19.8 Å². The van der Waals surface area contributed by atoms with Crippen molar-refractivity contribution in [2.45, 2.75) is 46.1 Å². The average molecular weight is 334 g/mol. The van der Waals surface area contributed by atoms with Crippen LogP contribution in [0.15, 0.2) is 6.20 Å². The van der Waals surface area contributed by atoms with Crippen molar-refractivity contribution in [2.24, 2.45) is 0 Å². The van der Waals surface area contributed by atoms with E-state index in [1.165, 1.54) is 6.20 Å². The Bertz CT molecular complexity index is 783. The van der Waals surface area contributed by atoms with Crippen LogP contribution in [-0.2, 0) is 16.2 Å². The van der Waals surface area contributed by atoms with Crippen LogP contribution in [0.25, 0.3) is 11.2 Å². The summed E-state index contributed by atoms with van der Waals surface area (Å²) in [6, 6.07) is 0. The van der Waals surface area contributed by atoms with Crippen LogP contribution in [0.3, 0.4) is 0 Å². The highest BCUT2D eigenvalue weighted by Gasteiger charge is 2.15. The SMILES string of the molecule is [3H]C(O)c1cnc2nc(NC(=O)CCC)nc(NC(=O)CCC)c2n1. The van der Waals surface area contributed by atoms with E-state index in [1.807, 2.05) is 13.8 Å². The lowest BCUT2D eigenvalue weighted by Crippen LogP contribution is -2.17. The third-order valence-electron chi connectivity index (χ3n) is 3.02. The van der Waals surface area contributed by atoms with E-state index in [0.29, 0.717) is 19.3 Å². The summed E-state index contributed by atoms with van der Waals surface area (Å²) in [7, 11) is 0. The fourth-order valence-electron chi connectivity index (χ4n) is 1.96. The van der Waals surface area contributed by atoms with Gasteiger partial charge in [0.1, 0.15) is 0 Å². The van der Waals surface area contributed by atoms with Crippen molar-refractivity contribution < 1.29 is 16.1 Å². The van der Waals surface area contributed by atoms with Gasteiger partial charge in [0, 0.05) is 12.8 Å². The topological polar surface area (TPSA) is 130 Å². The molecule has 9 nitrogen and oxygen atoms in total. The predicted molar refractivity (Wildman–Crippen MR) is 88.1 cm³/mol. The largest absolute Gasteiger partial charge is 0.390 e. The first-order chi connectivity index (χ1) is 11.9. The van der Waals surface area contributed by atoms with Crippen LogP contribution in [0.5, 0.6) is 0 Å². The van der Waals surface area contributed by atoms with Crippen LogP contribution in [-0.4, -0.2) is 36.9 Å². The first-order valence-electron chi connectivity index (χ1n) is 8.27. The molecule has 0 fully saturated rings. The standard InChI is InChI=1S/C15H20N6O3/c1-3-5-10(23)18-14-12-13(16-7-9(8-22)17-12)20-15(21-14)19-11(24)6-4-2/h7,22H,3-6,8H2,1-2H3,(H2,16,18,19,20,21,23,24)/i8T. The maximum absolute atomic E-state index is 11.9. The van der Waals surface area contributed by atoms with Gasteiger partial charge in [-0.15, -0.1) is 0 Å². The zero-order chi connectivity index (χ0) is 18.4. The number of aromatic nitrogens is 4. The monoisotopic (exact) mass is 334 g/mol. The Hall–Kier alpha value is -2.68. The molecule has 0 bridgehead atoms. The van der Waals surface area contributed by atoms with E-state index < -0.39 is 6.58 Å². The molecule has 0 spiro atoms. The Balaban J connectivity index is 2.46. The Kier molecular flexibility index (Phi) is 5.56. The summed E-state index contributed by atoms with van der Waals surface area (Å²) < 4.78 is 7.32. The Morgan fingerprint density at radius 2 is 1.79 bits per heavy atom. The van der Waals surface area contributed by atoms with Gasteiger partial charge in [0.15, 0.2) is 17.0 Å². The number of nitrogens with zero attached hydrogens (tertiary/aromatic N) is 4. The number of carbonyl (C=O) groups is 2. The second kappa shape index (κ2) is 8.25. The molecule has 2 rings (SSSR count). The quantitative estimate of drug-likeness (QED) is 0.697. The van der Waals surface area contributed by atoms with Crippen LogP contribution in [0.4, 0.5) is 11.8 Å². The highest BCUT2D eigenvalue weighted by molar-refractivity contribution is 5.98. The zero-order valence-corrected chi connectivity index (χ0v) is 13.5. The molecule has 2 amide bonds. The molecule has 0 aliphatic heterocycles. The lowest BCUT2D eigenvalue weighted by molar-refractivity contribution is -0.117. The zero-order valence-electron chi connectivity index (χ0n) is 14.5. The van der Waals surface area contributed by atoms with Crippen LogP contribution < -0.4 is 10.6 Å². The summed E-state index contributed by atoms with van der Waals surface area (Å²) >= 11 is 0. The normalized spacial score (nSPS) is 12.5. The highest BCUT2D eigenvalue weighted by atomic mass is 16.3. The molecule has 1 atom stereocenters. The molecule has 2 aromatic heterocycles. The molecule has 0 aromatic carbocycles. The predicted octanol–water partition coefficient (Wildman–Crippen LogP) is 1.39. The third-order valence-corrected chi connectivity index (χ3v) is 3.02. The average Bonchev–Trinajstić information content (AvgIpc) is 2.54. The fourth-order valence-corrected chi connectivity index (χ4v) is 1.96. The molecule has 0 radical (unpaired) electrons. The van der Waals surface area contributed by atoms with E-state index in [0.717, 1.165) is 0 Å². The number of hydrogen-bond donors (Lipinski definition) is 3. The second-order valence-electron chi connectivity index (χ2n) is 5.09. The molecule has 0 aliphatic carbocycles. The summed E-state index contributed by atoms with van der Waals surface area (Å²) in [6.45, 7) is 2.17. The van der Waals surface area contributed by atoms with Crippen LogP contribution in [0.1, 0.15) is 46.6 Å². The van der Waals surface area contributed by atoms with Crippen molar-refractivity contribution >= 4 is 34.7 Å². The van der Waals surface area contributed by atoms with E-state index in [1.54, 1.807) is 0 Å². The van der Waals surface area contributed by atoms with E-state index in [9.17, 15) is 14.7 Å². The number of aliphatic hydroxyl groups excluding tert-OH is 1. The molecular formula is C15H20N6O3. The van der Waals surface area contributed by atoms with Gasteiger partial charge >= 0.3 is 0 Å². The van der Waals surface area contributed by atoms with Gasteiger partial charge in [0.2, 0.25) is 17.8 Å². The molecule has 2 aromatic rings. The first kappa shape index (κ1) is 16.2. The van der Waals surface area contributed by atoms with Crippen molar-refractivity contribution in [3.05, 3.63) is 11.9 Å². The Morgan fingerprint density at radius 1 is 1.12 bits per heavy atom. The van der Waals surface area contributed by atoms with Gasteiger partial charge in [-0.05, 0) is 12.8 Å². The Labute approximate surface area is 140 Å². The molecule has 0 saturated carbocycles. The van der Waals surface area contributed by atoms with Crippen LogP contribution >= 0.6 is 0 Å². The summed E-state index contributed by atoms with van der Waals surface area (Å²) in [6.07, 6.45) is 3.13. The molecule has 24 heavy (non-hydrogen) atoms. The molecular weight excluding hydrogens is 312 g/mol. The molecule has 9 heteroatoms. The summed E-state index contributed by atoms with van der Waals surface area (Å²) in [4.78, 5) is 40.0. The van der Waals surface area contributed by atoms with E-state index >= 15 is 0 Å². The van der Waals surface area contributed by atoms with Crippen LogP contribution in [0.2, 0.25) is 0 Å². The van der Waals surface area contributed by atoms with Crippen molar-refractivity contribution in [1.29, 1.82) is 0 Å². The van der Waals surface area contributed by atoms with Gasteiger partial charge in [-0.1, -0.05) is 13.8 Å². The minimum Gasteiger partial charge on any atom is -0.390 e. The van der Waals surface area contributed by atoms with E-state index in [-0.39, 0.29) is 46.9 Å². The van der Waals surface area contributed by atoms with Gasteiger partial charge in [0.25, 0.3) is 0 Å². The number of amides is 2. The summed E-state index contributed by atoms with van der Waals surface area (Å²) in [5.41, 5.74) is 0.282. The lowest BCUT2D eigenvalue weighted by atomic mass is 10.3. The van der Waals surface area contributed by atoms with Gasteiger partial charge in [-0.3, -0.25) is 14.9 Å². The number of nitrogens with one attached hydrogen (secondary N) is 2. The van der Waals surface area contributed by atoms with Gasteiger partial charge in [-0.25, -0.2) is 9.97 Å². The third kappa shape index (κ3) is 4.42. The smallest absolute Gasteiger partial charge is 0.233 e. The lowest BCUT2D eigenvalue weighted by Gasteiger charge is -2.10. The number of rotatable bonds is 7. The molecule has 3 N–H and O–H groups in total. The first-order valence-corrected chi connectivity index (χ1v) is 7.69. The number of hydrogen-bond acceptors (Lipinski definition) is 7. The van der Waals surface area contributed by atoms with Gasteiger partial charge in [-0.2, -0.15) is 9.97 Å².